The van der Waals surface area contributed by atoms with Crippen molar-refractivity contribution in [3.8, 4) is 0 Å². The molecule has 0 spiro atoms. The van der Waals surface area contributed by atoms with Crippen LogP contribution in [-0.4, -0.2) is 40.3 Å². The summed E-state index contributed by atoms with van der Waals surface area (Å²) in [5.74, 6) is -0.999. The van der Waals surface area contributed by atoms with Crippen molar-refractivity contribution in [3.05, 3.63) is 71.0 Å². The number of sulfonamides is 1. The first-order valence-corrected chi connectivity index (χ1v) is 12.3. The lowest BCUT2D eigenvalue weighted by Gasteiger charge is -2.23. The molecule has 0 aliphatic heterocycles. The molecule has 0 fully saturated rings. The van der Waals surface area contributed by atoms with Crippen LogP contribution >= 0.6 is 23.7 Å². The fraction of sp³-hybridized carbons (Fsp3) is 0.318. The van der Waals surface area contributed by atoms with Crippen LogP contribution in [-0.2, 0) is 33.3 Å². The number of benzene rings is 1. The van der Waals surface area contributed by atoms with Crippen molar-refractivity contribution in [2.75, 3.05) is 11.9 Å². The molecule has 3 rings (SSSR count). The van der Waals surface area contributed by atoms with Gasteiger partial charge in [-0.2, -0.15) is 4.31 Å². The van der Waals surface area contributed by atoms with Crippen LogP contribution in [0.3, 0.4) is 0 Å². The minimum absolute atomic E-state index is 0. The summed E-state index contributed by atoms with van der Waals surface area (Å²) < 4.78 is 28.1. The van der Waals surface area contributed by atoms with Crippen LogP contribution in [0.5, 0.6) is 0 Å². The zero-order valence-electron chi connectivity index (χ0n) is 18.6. The highest BCUT2D eigenvalue weighted by Gasteiger charge is 2.26. The summed E-state index contributed by atoms with van der Waals surface area (Å²) in [5, 5.41) is 13.7. The summed E-state index contributed by atoms with van der Waals surface area (Å²) in [6.45, 7) is 6.32. The van der Waals surface area contributed by atoms with E-state index < -0.39 is 16.0 Å². The topological polar surface area (TPSA) is 112 Å². The van der Waals surface area contributed by atoms with Crippen molar-refractivity contribution < 1.29 is 18.3 Å². The first-order chi connectivity index (χ1) is 15.1. The van der Waals surface area contributed by atoms with E-state index in [0.717, 1.165) is 11.1 Å². The van der Waals surface area contributed by atoms with E-state index in [1.807, 2.05) is 24.3 Å². The summed E-state index contributed by atoms with van der Waals surface area (Å²) in [4.78, 5) is 19.1. The SMILES string of the molecule is CC(C)(C)c1ccc(CN(Cc2csc(NCC(=O)O)n2)S(=O)(=O)c2cccnc2)cc1.Cl. The molecule has 0 atom stereocenters. The number of rotatable bonds is 9. The highest BCUT2D eigenvalue weighted by atomic mass is 35.5. The highest BCUT2D eigenvalue weighted by molar-refractivity contribution is 7.89. The van der Waals surface area contributed by atoms with Crippen molar-refractivity contribution in [2.24, 2.45) is 0 Å². The molecule has 33 heavy (non-hydrogen) atoms. The minimum Gasteiger partial charge on any atom is -0.480 e. The molecule has 0 amide bonds. The number of pyridine rings is 1. The Morgan fingerprint density at radius 3 is 2.42 bits per heavy atom. The minimum atomic E-state index is -3.83. The summed E-state index contributed by atoms with van der Waals surface area (Å²) in [5.41, 5.74) is 2.54. The number of carboxylic acid groups (broad SMARTS) is 1. The molecule has 1 aromatic carbocycles. The maximum Gasteiger partial charge on any atom is 0.322 e. The summed E-state index contributed by atoms with van der Waals surface area (Å²) in [7, 11) is -3.83. The van der Waals surface area contributed by atoms with E-state index in [0.29, 0.717) is 10.8 Å². The summed E-state index contributed by atoms with van der Waals surface area (Å²) >= 11 is 1.23. The van der Waals surface area contributed by atoms with Crippen molar-refractivity contribution in [2.45, 2.75) is 44.2 Å². The van der Waals surface area contributed by atoms with Gasteiger partial charge in [0, 0.05) is 24.3 Å². The quantitative estimate of drug-likeness (QED) is 0.444. The number of carboxylic acids is 1. The van der Waals surface area contributed by atoms with Gasteiger partial charge in [0.15, 0.2) is 5.13 Å². The third-order valence-corrected chi connectivity index (χ3v) is 7.36. The molecular formula is C22H27ClN4O4S2. The Labute approximate surface area is 204 Å². The van der Waals surface area contributed by atoms with E-state index in [1.54, 1.807) is 11.4 Å². The lowest BCUT2D eigenvalue weighted by molar-refractivity contribution is -0.134. The predicted octanol–water partition coefficient (Wildman–Crippen LogP) is 4.15. The van der Waals surface area contributed by atoms with Crippen LogP contribution in [0.1, 0.15) is 37.6 Å². The van der Waals surface area contributed by atoms with Crippen LogP contribution in [0.4, 0.5) is 5.13 Å². The number of aliphatic carboxylic acids is 1. The fourth-order valence-corrected chi connectivity index (χ4v) is 5.05. The monoisotopic (exact) mass is 510 g/mol. The van der Waals surface area contributed by atoms with Gasteiger partial charge in [-0.1, -0.05) is 45.0 Å². The second-order valence-corrected chi connectivity index (χ2v) is 11.1. The van der Waals surface area contributed by atoms with E-state index in [2.05, 4.69) is 36.1 Å². The third kappa shape index (κ3) is 7.23. The summed E-state index contributed by atoms with van der Waals surface area (Å²) in [6.07, 6.45) is 2.85. The molecule has 0 radical (unpaired) electrons. The number of anilines is 1. The molecular weight excluding hydrogens is 484 g/mol. The zero-order chi connectivity index (χ0) is 23.4. The lowest BCUT2D eigenvalue weighted by atomic mass is 9.87. The van der Waals surface area contributed by atoms with Crippen LogP contribution in [0.2, 0.25) is 0 Å². The Hall–Kier alpha value is -2.53. The first-order valence-electron chi connectivity index (χ1n) is 9.95. The van der Waals surface area contributed by atoms with E-state index in [9.17, 15) is 13.2 Å². The standard InChI is InChI=1S/C22H26N4O4S2.ClH/c1-22(2,3)17-8-6-16(7-9-17)13-26(32(29,30)19-5-4-10-23-11-19)14-18-15-31-21(25-18)24-12-20(27)28;/h4-11,15H,12-14H2,1-3H3,(H,24,25)(H,27,28);1H. The molecule has 11 heteroatoms. The van der Waals surface area contributed by atoms with Crippen molar-refractivity contribution in [3.63, 3.8) is 0 Å². The van der Waals surface area contributed by atoms with Gasteiger partial charge in [0.25, 0.3) is 0 Å². The number of thiazole rings is 1. The van der Waals surface area contributed by atoms with Gasteiger partial charge in [0.1, 0.15) is 11.4 Å². The number of aromatic nitrogens is 2. The Balaban J connectivity index is 0.00000385. The van der Waals surface area contributed by atoms with Crippen molar-refractivity contribution in [1.82, 2.24) is 14.3 Å². The van der Waals surface area contributed by atoms with Crippen molar-refractivity contribution in [1.29, 1.82) is 0 Å². The highest BCUT2D eigenvalue weighted by Crippen LogP contribution is 2.25. The maximum atomic E-state index is 13.4. The molecule has 2 N–H and O–H groups in total. The second kappa shape index (κ2) is 11.1. The number of nitrogens with zero attached hydrogens (tertiary/aromatic N) is 3. The van der Waals surface area contributed by atoms with Gasteiger partial charge in [0.05, 0.1) is 12.2 Å². The Morgan fingerprint density at radius 2 is 1.85 bits per heavy atom. The second-order valence-electron chi connectivity index (χ2n) is 8.30. The molecule has 178 valence electrons. The van der Waals surface area contributed by atoms with Gasteiger partial charge in [-0.05, 0) is 28.7 Å². The molecule has 8 nitrogen and oxygen atoms in total. The van der Waals surface area contributed by atoms with Gasteiger partial charge >= 0.3 is 5.97 Å². The van der Waals surface area contributed by atoms with E-state index >= 15 is 0 Å². The van der Waals surface area contributed by atoms with Crippen LogP contribution in [0.15, 0.2) is 59.1 Å². The molecule has 0 saturated carbocycles. The van der Waals surface area contributed by atoms with Gasteiger partial charge < -0.3 is 10.4 Å². The fourth-order valence-electron chi connectivity index (χ4n) is 2.98. The number of hydrogen-bond acceptors (Lipinski definition) is 7. The van der Waals surface area contributed by atoms with E-state index in [4.69, 9.17) is 5.11 Å². The van der Waals surface area contributed by atoms with E-state index in [1.165, 1.54) is 34.1 Å². The Kier molecular flexibility index (Phi) is 8.96. The van der Waals surface area contributed by atoms with Gasteiger partial charge in [0.2, 0.25) is 10.0 Å². The van der Waals surface area contributed by atoms with Crippen LogP contribution < -0.4 is 5.32 Å². The maximum absolute atomic E-state index is 13.4. The van der Waals surface area contributed by atoms with Crippen LogP contribution in [0, 0.1) is 0 Å². The molecule has 0 saturated heterocycles. The van der Waals surface area contributed by atoms with Crippen molar-refractivity contribution >= 4 is 44.9 Å². The van der Waals surface area contributed by atoms with Crippen LogP contribution in [0.25, 0.3) is 0 Å². The first kappa shape index (κ1) is 26.7. The van der Waals surface area contributed by atoms with Gasteiger partial charge in [-0.3, -0.25) is 9.78 Å². The normalized spacial score (nSPS) is 11.8. The van der Waals surface area contributed by atoms with E-state index in [-0.39, 0.29) is 42.4 Å². The summed E-state index contributed by atoms with van der Waals surface area (Å²) in [6, 6.07) is 11.0. The average molecular weight is 511 g/mol. The molecule has 0 bridgehead atoms. The molecule has 2 aromatic heterocycles. The average Bonchev–Trinajstić information content (AvgIpc) is 3.19. The predicted molar refractivity (Wildman–Crippen MR) is 131 cm³/mol. The zero-order valence-corrected chi connectivity index (χ0v) is 21.0. The number of carbonyl (C=O) groups is 1. The number of halogens is 1. The molecule has 0 aliphatic rings. The van der Waals surface area contributed by atoms with Gasteiger partial charge in [-0.25, -0.2) is 13.4 Å². The molecule has 3 aromatic rings. The largest absolute Gasteiger partial charge is 0.480 e. The van der Waals surface area contributed by atoms with Gasteiger partial charge in [-0.15, -0.1) is 23.7 Å². The number of hydrogen-bond donors (Lipinski definition) is 2. The third-order valence-electron chi connectivity index (χ3n) is 4.73. The Bertz CT molecular complexity index is 1160. The number of nitrogens with one attached hydrogen (secondary N) is 1. The smallest absolute Gasteiger partial charge is 0.322 e. The molecule has 0 unspecified atom stereocenters. The molecule has 2 heterocycles. The molecule has 0 aliphatic carbocycles. The lowest BCUT2D eigenvalue weighted by Crippen LogP contribution is -2.30. The Morgan fingerprint density at radius 1 is 1.15 bits per heavy atom.